The lowest BCUT2D eigenvalue weighted by molar-refractivity contribution is 0.318. The topological polar surface area (TPSA) is 92.6 Å². The van der Waals surface area contributed by atoms with E-state index in [2.05, 4.69) is 20.3 Å². The summed E-state index contributed by atoms with van der Waals surface area (Å²) >= 11 is 0. The number of benzene rings is 1. The minimum atomic E-state index is 0.114. The molecule has 2 heterocycles. The molecule has 0 bridgehead atoms. The first-order chi connectivity index (χ1) is 9.29. The van der Waals surface area contributed by atoms with Gasteiger partial charge in [0.25, 0.3) is 0 Å². The lowest BCUT2D eigenvalue weighted by atomic mass is 10.1. The maximum Gasteiger partial charge on any atom is 0.172 e. The molecule has 0 atom stereocenters. The van der Waals surface area contributed by atoms with E-state index in [9.17, 15) is 0 Å². The molecule has 1 aromatic carbocycles. The number of fused-ring (bicyclic) bond motifs is 1. The Labute approximate surface area is 110 Å². The van der Waals surface area contributed by atoms with E-state index in [1.807, 2.05) is 28.8 Å². The normalized spacial score (nSPS) is 15.4. The van der Waals surface area contributed by atoms with Crippen LogP contribution in [0.3, 0.4) is 0 Å². The number of amidine groups is 1. The third kappa shape index (κ3) is 1.99. The lowest BCUT2D eigenvalue weighted by Crippen LogP contribution is -2.35. The van der Waals surface area contributed by atoms with Crippen LogP contribution in [-0.2, 0) is 13.1 Å². The Balaban J connectivity index is 1.96. The van der Waals surface area contributed by atoms with Gasteiger partial charge in [-0.3, -0.25) is 0 Å². The van der Waals surface area contributed by atoms with Crippen LogP contribution in [0, 0.1) is 0 Å². The van der Waals surface area contributed by atoms with Crippen molar-refractivity contribution >= 4 is 11.5 Å². The third-order valence-corrected chi connectivity index (χ3v) is 3.27. The fourth-order valence-corrected chi connectivity index (χ4v) is 2.29. The SMILES string of the molecule is NC(=NO)c1ccccc1N1CCn2cnnc2C1. The summed E-state index contributed by atoms with van der Waals surface area (Å²) in [6.45, 7) is 2.32. The molecule has 2 aromatic rings. The van der Waals surface area contributed by atoms with Crippen molar-refractivity contribution in [3.63, 3.8) is 0 Å². The number of aromatic nitrogens is 3. The molecule has 7 nitrogen and oxygen atoms in total. The number of anilines is 1. The first kappa shape index (κ1) is 11.5. The number of oxime groups is 1. The van der Waals surface area contributed by atoms with Gasteiger partial charge in [-0.25, -0.2) is 0 Å². The van der Waals surface area contributed by atoms with Crippen molar-refractivity contribution in [2.75, 3.05) is 11.4 Å². The van der Waals surface area contributed by atoms with Crippen LogP contribution in [0.25, 0.3) is 0 Å². The lowest BCUT2D eigenvalue weighted by Gasteiger charge is -2.30. The minimum Gasteiger partial charge on any atom is -0.409 e. The molecular formula is C12H14N6O. The first-order valence-electron chi connectivity index (χ1n) is 5.98. The van der Waals surface area contributed by atoms with E-state index in [4.69, 9.17) is 10.9 Å². The third-order valence-electron chi connectivity index (χ3n) is 3.27. The van der Waals surface area contributed by atoms with Crippen LogP contribution in [0.15, 0.2) is 35.7 Å². The average Bonchev–Trinajstić information content (AvgIpc) is 2.93. The number of rotatable bonds is 2. The summed E-state index contributed by atoms with van der Waals surface area (Å²) in [5, 5.41) is 19.9. The molecule has 0 saturated carbocycles. The molecule has 1 aliphatic rings. The van der Waals surface area contributed by atoms with Gasteiger partial charge in [-0.1, -0.05) is 17.3 Å². The van der Waals surface area contributed by atoms with Crippen molar-refractivity contribution in [1.29, 1.82) is 0 Å². The molecule has 3 rings (SSSR count). The zero-order valence-corrected chi connectivity index (χ0v) is 10.3. The monoisotopic (exact) mass is 258 g/mol. The van der Waals surface area contributed by atoms with Gasteiger partial charge in [0.15, 0.2) is 11.7 Å². The van der Waals surface area contributed by atoms with Crippen molar-refractivity contribution in [3.8, 4) is 0 Å². The van der Waals surface area contributed by atoms with Crippen LogP contribution >= 0.6 is 0 Å². The second kappa shape index (κ2) is 4.60. The molecule has 0 aliphatic carbocycles. The molecule has 0 fully saturated rings. The predicted molar refractivity (Wildman–Crippen MR) is 70.0 cm³/mol. The first-order valence-corrected chi connectivity index (χ1v) is 5.98. The summed E-state index contributed by atoms with van der Waals surface area (Å²) in [5.74, 6) is 1.03. The van der Waals surface area contributed by atoms with Crippen LogP contribution in [0.1, 0.15) is 11.4 Å². The highest BCUT2D eigenvalue weighted by atomic mass is 16.4. The zero-order valence-electron chi connectivity index (χ0n) is 10.3. The second-order valence-electron chi connectivity index (χ2n) is 4.36. The zero-order chi connectivity index (χ0) is 13.2. The molecule has 0 radical (unpaired) electrons. The smallest absolute Gasteiger partial charge is 0.172 e. The van der Waals surface area contributed by atoms with Crippen LogP contribution in [0.4, 0.5) is 5.69 Å². The highest BCUT2D eigenvalue weighted by molar-refractivity contribution is 6.02. The molecule has 0 saturated heterocycles. The van der Waals surface area contributed by atoms with Gasteiger partial charge in [-0.15, -0.1) is 10.2 Å². The Morgan fingerprint density at radius 3 is 3.00 bits per heavy atom. The van der Waals surface area contributed by atoms with Gasteiger partial charge in [0, 0.05) is 24.3 Å². The molecule has 0 unspecified atom stereocenters. The van der Waals surface area contributed by atoms with Crippen molar-refractivity contribution in [2.24, 2.45) is 10.9 Å². The Morgan fingerprint density at radius 2 is 2.16 bits per heavy atom. The Morgan fingerprint density at radius 1 is 1.32 bits per heavy atom. The van der Waals surface area contributed by atoms with Gasteiger partial charge in [0.05, 0.1) is 6.54 Å². The van der Waals surface area contributed by atoms with E-state index < -0.39 is 0 Å². The van der Waals surface area contributed by atoms with Gasteiger partial charge in [0.1, 0.15) is 6.33 Å². The minimum absolute atomic E-state index is 0.114. The Kier molecular flexibility index (Phi) is 2.79. The van der Waals surface area contributed by atoms with Crippen molar-refractivity contribution in [1.82, 2.24) is 14.8 Å². The maximum absolute atomic E-state index is 8.85. The van der Waals surface area contributed by atoms with E-state index in [-0.39, 0.29) is 5.84 Å². The van der Waals surface area contributed by atoms with E-state index in [1.54, 1.807) is 6.33 Å². The molecular weight excluding hydrogens is 244 g/mol. The molecule has 98 valence electrons. The summed E-state index contributed by atoms with van der Waals surface area (Å²) in [5.41, 5.74) is 7.37. The quantitative estimate of drug-likeness (QED) is 0.352. The summed E-state index contributed by atoms with van der Waals surface area (Å²) in [4.78, 5) is 2.15. The molecule has 3 N–H and O–H groups in total. The van der Waals surface area contributed by atoms with Gasteiger partial charge in [0.2, 0.25) is 0 Å². The van der Waals surface area contributed by atoms with Crippen molar-refractivity contribution in [2.45, 2.75) is 13.1 Å². The highest BCUT2D eigenvalue weighted by Gasteiger charge is 2.20. The number of nitrogens with two attached hydrogens (primary N) is 1. The van der Waals surface area contributed by atoms with Gasteiger partial charge < -0.3 is 20.4 Å². The molecule has 1 aliphatic heterocycles. The summed E-state index contributed by atoms with van der Waals surface area (Å²) < 4.78 is 2.03. The van der Waals surface area contributed by atoms with E-state index in [0.29, 0.717) is 6.54 Å². The van der Waals surface area contributed by atoms with E-state index in [1.165, 1.54) is 0 Å². The maximum atomic E-state index is 8.85. The van der Waals surface area contributed by atoms with Crippen LogP contribution in [0.5, 0.6) is 0 Å². The fourth-order valence-electron chi connectivity index (χ4n) is 2.29. The van der Waals surface area contributed by atoms with Crippen molar-refractivity contribution < 1.29 is 5.21 Å². The molecule has 7 heteroatoms. The van der Waals surface area contributed by atoms with Crippen molar-refractivity contribution in [3.05, 3.63) is 42.0 Å². The Bertz CT molecular complexity index is 620. The number of para-hydroxylation sites is 1. The molecule has 0 amide bonds. The van der Waals surface area contributed by atoms with Gasteiger partial charge in [-0.2, -0.15) is 0 Å². The largest absolute Gasteiger partial charge is 0.409 e. The van der Waals surface area contributed by atoms with E-state index in [0.717, 1.165) is 30.2 Å². The summed E-state index contributed by atoms with van der Waals surface area (Å²) in [6.07, 6.45) is 1.74. The summed E-state index contributed by atoms with van der Waals surface area (Å²) in [6, 6.07) is 7.59. The number of hydrogen-bond donors (Lipinski definition) is 2. The van der Waals surface area contributed by atoms with Crippen LogP contribution in [0.2, 0.25) is 0 Å². The van der Waals surface area contributed by atoms with E-state index >= 15 is 0 Å². The van der Waals surface area contributed by atoms with Gasteiger partial charge >= 0.3 is 0 Å². The Hall–Kier alpha value is -2.57. The number of hydrogen-bond acceptors (Lipinski definition) is 5. The van der Waals surface area contributed by atoms with Crippen LogP contribution < -0.4 is 10.6 Å². The molecule has 0 spiro atoms. The number of nitrogens with zero attached hydrogens (tertiary/aromatic N) is 5. The summed E-state index contributed by atoms with van der Waals surface area (Å²) in [7, 11) is 0. The van der Waals surface area contributed by atoms with Crippen LogP contribution in [-0.4, -0.2) is 32.4 Å². The predicted octanol–water partition coefficient (Wildman–Crippen LogP) is 0.393. The molecule has 1 aromatic heterocycles. The second-order valence-corrected chi connectivity index (χ2v) is 4.36. The highest BCUT2D eigenvalue weighted by Crippen LogP contribution is 2.23. The molecule has 19 heavy (non-hydrogen) atoms. The standard InChI is InChI=1S/C12H14N6O/c13-12(16-19)9-3-1-2-4-10(9)17-5-6-18-8-14-15-11(18)7-17/h1-4,8,19H,5-7H2,(H2,13,16). The van der Waals surface area contributed by atoms with Gasteiger partial charge in [-0.05, 0) is 12.1 Å². The average molecular weight is 258 g/mol. The fraction of sp³-hybridized carbons (Fsp3) is 0.250.